The van der Waals surface area contributed by atoms with Crippen LogP contribution >= 0.6 is 0 Å². The molecule has 0 saturated heterocycles. The third-order valence-electron chi connectivity index (χ3n) is 2.19. The smallest absolute Gasteiger partial charge is 0.123 e. The first kappa shape index (κ1) is 11.2. The van der Waals surface area contributed by atoms with Crippen LogP contribution in [0.3, 0.4) is 0 Å². The summed E-state index contributed by atoms with van der Waals surface area (Å²) in [6.45, 7) is 7.26. The molecule has 1 rings (SSSR count). The van der Waals surface area contributed by atoms with Gasteiger partial charge in [0.1, 0.15) is 5.82 Å². The zero-order valence-corrected chi connectivity index (χ0v) is 9.10. The number of likely N-dealkylation sites (N-methyl/N-ethyl adjacent to an activating group) is 1. The summed E-state index contributed by atoms with van der Waals surface area (Å²) in [6, 6.07) is 6.79. The third-order valence-corrected chi connectivity index (χ3v) is 2.19. The summed E-state index contributed by atoms with van der Waals surface area (Å²) in [5.74, 6) is -0.158. The van der Waals surface area contributed by atoms with Gasteiger partial charge in [0, 0.05) is 5.54 Å². The van der Waals surface area contributed by atoms with Gasteiger partial charge in [-0.1, -0.05) is 19.1 Å². The molecule has 0 spiro atoms. The van der Waals surface area contributed by atoms with Gasteiger partial charge in [0.05, 0.1) is 0 Å². The molecule has 0 saturated carbocycles. The Morgan fingerprint density at radius 3 is 2.64 bits per heavy atom. The molecule has 0 aromatic heterocycles. The molecular weight excluding hydrogens is 177 g/mol. The van der Waals surface area contributed by atoms with E-state index in [9.17, 15) is 4.39 Å². The maximum absolute atomic E-state index is 12.9. The van der Waals surface area contributed by atoms with E-state index < -0.39 is 0 Å². The molecule has 0 unspecified atom stereocenters. The number of rotatable bonds is 4. The maximum atomic E-state index is 12.9. The first-order valence-corrected chi connectivity index (χ1v) is 5.03. The minimum atomic E-state index is -0.158. The molecule has 1 aromatic carbocycles. The topological polar surface area (TPSA) is 12.0 Å². The molecule has 0 amide bonds. The Morgan fingerprint density at radius 1 is 1.36 bits per heavy atom. The molecule has 0 fully saturated rings. The summed E-state index contributed by atoms with van der Waals surface area (Å²) in [6.07, 6.45) is 0.846. The first-order valence-electron chi connectivity index (χ1n) is 5.03. The van der Waals surface area contributed by atoms with Gasteiger partial charge >= 0.3 is 0 Å². The second kappa shape index (κ2) is 4.56. The van der Waals surface area contributed by atoms with Crippen LogP contribution in [0.25, 0.3) is 0 Å². The lowest BCUT2D eigenvalue weighted by Gasteiger charge is -2.25. The van der Waals surface area contributed by atoms with Crippen molar-refractivity contribution in [1.82, 2.24) is 5.32 Å². The molecule has 0 aliphatic carbocycles. The number of halogens is 1. The second-order valence-corrected chi connectivity index (χ2v) is 4.22. The summed E-state index contributed by atoms with van der Waals surface area (Å²) < 4.78 is 12.9. The zero-order valence-electron chi connectivity index (χ0n) is 9.10. The highest BCUT2D eigenvalue weighted by Crippen LogP contribution is 2.13. The minimum absolute atomic E-state index is 0.0303. The Hall–Kier alpha value is -0.890. The Kier molecular flexibility index (Phi) is 3.64. The average Bonchev–Trinajstić information content (AvgIpc) is 2.02. The number of benzene rings is 1. The molecule has 0 atom stereocenters. The standard InChI is InChI=1S/C12H18FN/c1-4-14-12(2,3)9-10-6-5-7-11(13)8-10/h5-8,14H,4,9H2,1-3H3. The fourth-order valence-corrected chi connectivity index (χ4v) is 1.70. The van der Waals surface area contributed by atoms with E-state index in [0.717, 1.165) is 18.5 Å². The van der Waals surface area contributed by atoms with E-state index in [1.165, 1.54) is 6.07 Å². The van der Waals surface area contributed by atoms with Crippen molar-refractivity contribution in [3.8, 4) is 0 Å². The van der Waals surface area contributed by atoms with Crippen molar-refractivity contribution in [2.75, 3.05) is 6.54 Å². The predicted octanol–water partition coefficient (Wildman–Crippen LogP) is 2.76. The highest BCUT2D eigenvalue weighted by molar-refractivity contribution is 5.18. The number of nitrogens with one attached hydrogen (secondary N) is 1. The van der Waals surface area contributed by atoms with E-state index in [1.54, 1.807) is 12.1 Å². The van der Waals surface area contributed by atoms with Crippen molar-refractivity contribution in [2.45, 2.75) is 32.7 Å². The molecule has 1 N–H and O–H groups in total. The fourth-order valence-electron chi connectivity index (χ4n) is 1.70. The van der Waals surface area contributed by atoms with E-state index in [-0.39, 0.29) is 11.4 Å². The van der Waals surface area contributed by atoms with Gasteiger partial charge in [-0.25, -0.2) is 4.39 Å². The summed E-state index contributed by atoms with van der Waals surface area (Å²) in [5.41, 5.74) is 1.07. The molecule has 14 heavy (non-hydrogen) atoms. The van der Waals surface area contributed by atoms with Gasteiger partial charge in [-0.05, 0) is 44.5 Å². The maximum Gasteiger partial charge on any atom is 0.123 e. The lowest BCUT2D eigenvalue weighted by atomic mass is 9.95. The van der Waals surface area contributed by atoms with E-state index >= 15 is 0 Å². The van der Waals surface area contributed by atoms with Gasteiger partial charge in [-0.15, -0.1) is 0 Å². The van der Waals surface area contributed by atoms with Crippen LogP contribution < -0.4 is 5.32 Å². The number of hydrogen-bond acceptors (Lipinski definition) is 1. The van der Waals surface area contributed by atoms with Crippen LogP contribution in [0.4, 0.5) is 4.39 Å². The quantitative estimate of drug-likeness (QED) is 0.779. The lowest BCUT2D eigenvalue weighted by Crippen LogP contribution is -2.41. The highest BCUT2D eigenvalue weighted by Gasteiger charge is 2.16. The molecule has 78 valence electrons. The average molecular weight is 195 g/mol. The lowest BCUT2D eigenvalue weighted by molar-refractivity contribution is 0.396. The van der Waals surface area contributed by atoms with Gasteiger partial charge in [-0.2, -0.15) is 0 Å². The van der Waals surface area contributed by atoms with Crippen LogP contribution in [0.5, 0.6) is 0 Å². The Balaban J connectivity index is 2.68. The Bertz CT molecular complexity index is 294. The second-order valence-electron chi connectivity index (χ2n) is 4.22. The summed E-state index contributed by atoms with van der Waals surface area (Å²) in [5, 5.41) is 3.37. The van der Waals surface area contributed by atoms with Gasteiger partial charge in [0.2, 0.25) is 0 Å². The molecule has 2 heteroatoms. The highest BCUT2D eigenvalue weighted by atomic mass is 19.1. The third kappa shape index (κ3) is 3.46. The van der Waals surface area contributed by atoms with Crippen molar-refractivity contribution in [1.29, 1.82) is 0 Å². The zero-order chi connectivity index (χ0) is 10.6. The van der Waals surface area contributed by atoms with E-state index in [2.05, 4.69) is 26.1 Å². The number of hydrogen-bond donors (Lipinski definition) is 1. The fraction of sp³-hybridized carbons (Fsp3) is 0.500. The van der Waals surface area contributed by atoms with Gasteiger partial charge in [-0.3, -0.25) is 0 Å². The molecule has 0 aliphatic rings. The Labute approximate surface area is 85.3 Å². The predicted molar refractivity (Wildman–Crippen MR) is 57.9 cm³/mol. The first-order chi connectivity index (χ1) is 6.53. The summed E-state index contributed by atoms with van der Waals surface area (Å²) in [4.78, 5) is 0. The monoisotopic (exact) mass is 195 g/mol. The van der Waals surface area contributed by atoms with Crippen molar-refractivity contribution >= 4 is 0 Å². The van der Waals surface area contributed by atoms with Crippen LogP contribution in [0, 0.1) is 5.82 Å². The molecule has 0 heterocycles. The van der Waals surface area contributed by atoms with Crippen LogP contribution in [-0.4, -0.2) is 12.1 Å². The van der Waals surface area contributed by atoms with Gasteiger partial charge in [0.15, 0.2) is 0 Å². The van der Waals surface area contributed by atoms with Crippen LogP contribution in [0.2, 0.25) is 0 Å². The largest absolute Gasteiger partial charge is 0.312 e. The van der Waals surface area contributed by atoms with Crippen LogP contribution in [-0.2, 0) is 6.42 Å². The molecule has 1 nitrogen and oxygen atoms in total. The summed E-state index contributed by atoms with van der Waals surface area (Å²) >= 11 is 0. The molecule has 0 bridgehead atoms. The van der Waals surface area contributed by atoms with Crippen LogP contribution in [0.15, 0.2) is 24.3 Å². The van der Waals surface area contributed by atoms with Gasteiger partial charge in [0.25, 0.3) is 0 Å². The Morgan fingerprint density at radius 2 is 2.07 bits per heavy atom. The van der Waals surface area contributed by atoms with Crippen LogP contribution in [0.1, 0.15) is 26.3 Å². The summed E-state index contributed by atoms with van der Waals surface area (Å²) in [7, 11) is 0. The van der Waals surface area contributed by atoms with E-state index in [1.807, 2.05) is 6.07 Å². The molecule has 0 aliphatic heterocycles. The van der Waals surface area contributed by atoms with Crippen molar-refractivity contribution < 1.29 is 4.39 Å². The minimum Gasteiger partial charge on any atom is -0.312 e. The molecular formula is C12H18FN. The van der Waals surface area contributed by atoms with E-state index in [0.29, 0.717) is 0 Å². The van der Waals surface area contributed by atoms with Crippen molar-refractivity contribution in [2.24, 2.45) is 0 Å². The van der Waals surface area contributed by atoms with Gasteiger partial charge < -0.3 is 5.32 Å². The van der Waals surface area contributed by atoms with Crippen molar-refractivity contribution in [3.05, 3.63) is 35.6 Å². The van der Waals surface area contributed by atoms with Crippen molar-refractivity contribution in [3.63, 3.8) is 0 Å². The normalized spacial score (nSPS) is 11.7. The SMILES string of the molecule is CCNC(C)(C)Cc1cccc(F)c1. The molecule has 1 aromatic rings. The molecule has 0 radical (unpaired) electrons. The van der Waals surface area contributed by atoms with E-state index in [4.69, 9.17) is 0 Å².